The number of nitrogens with one attached hydrogen (secondary N) is 1. The second-order valence-electron chi connectivity index (χ2n) is 9.34. The highest BCUT2D eigenvalue weighted by Crippen LogP contribution is 2.32. The van der Waals surface area contributed by atoms with Crippen LogP contribution in [0.15, 0.2) is 41.0 Å². The summed E-state index contributed by atoms with van der Waals surface area (Å²) in [6.45, 7) is 9.51. The fourth-order valence-electron chi connectivity index (χ4n) is 4.78. The number of hydrogen-bond donors (Lipinski definition) is 2. The molecule has 2 N–H and O–H groups in total. The third-order valence-corrected chi connectivity index (χ3v) is 7.62. The first-order chi connectivity index (χ1) is 16.5. The molecule has 6 nitrogen and oxygen atoms in total. The van der Waals surface area contributed by atoms with Crippen molar-refractivity contribution in [3.05, 3.63) is 63.5 Å². The zero-order valence-electron chi connectivity index (χ0n) is 20.2. The van der Waals surface area contributed by atoms with Gasteiger partial charge in [-0.05, 0) is 43.4 Å². The molecular formula is C27H35N3O3S. The highest BCUT2D eigenvalue weighted by molar-refractivity contribution is 7.17. The number of benzene rings is 1. The van der Waals surface area contributed by atoms with E-state index >= 15 is 0 Å². The van der Waals surface area contributed by atoms with Crippen LogP contribution in [0.2, 0.25) is 0 Å². The Bertz CT molecular complexity index is 1180. The van der Waals surface area contributed by atoms with Crippen LogP contribution in [0, 0.1) is 13.8 Å². The van der Waals surface area contributed by atoms with Gasteiger partial charge in [0.05, 0.1) is 31.2 Å². The monoisotopic (exact) mass is 481 g/mol. The molecule has 1 saturated carbocycles. The number of aryl methyl sites for hydroxylation is 2. The minimum atomic E-state index is -0.601. The van der Waals surface area contributed by atoms with Crippen molar-refractivity contribution in [3.63, 3.8) is 0 Å². The van der Waals surface area contributed by atoms with Gasteiger partial charge in [-0.2, -0.15) is 0 Å². The summed E-state index contributed by atoms with van der Waals surface area (Å²) in [4.78, 5) is 24.1. The van der Waals surface area contributed by atoms with Crippen LogP contribution in [0.25, 0.3) is 21.3 Å². The van der Waals surface area contributed by atoms with Gasteiger partial charge in [0, 0.05) is 23.5 Å². The number of H-pyrrole nitrogens is 1. The molecule has 1 aliphatic carbocycles. The molecule has 0 amide bonds. The molecule has 0 bridgehead atoms. The topological polar surface area (TPSA) is 78.5 Å². The summed E-state index contributed by atoms with van der Waals surface area (Å²) in [6.07, 6.45) is 6.92. The van der Waals surface area contributed by atoms with Crippen LogP contribution in [0.4, 0.5) is 0 Å². The number of fused-ring (bicyclic) bond motifs is 1. The Morgan fingerprint density at radius 1 is 1.29 bits per heavy atom. The lowest BCUT2D eigenvalue weighted by Crippen LogP contribution is -2.43. The molecule has 3 aromatic rings. The van der Waals surface area contributed by atoms with E-state index in [4.69, 9.17) is 9.72 Å². The predicted octanol–water partition coefficient (Wildman–Crippen LogP) is 4.97. The van der Waals surface area contributed by atoms with E-state index in [1.54, 1.807) is 6.08 Å². The summed E-state index contributed by atoms with van der Waals surface area (Å²) < 4.78 is 5.45. The van der Waals surface area contributed by atoms with Crippen LogP contribution >= 0.6 is 11.3 Å². The molecule has 1 atom stereocenters. The van der Waals surface area contributed by atoms with E-state index in [9.17, 15) is 9.90 Å². The van der Waals surface area contributed by atoms with Crippen molar-refractivity contribution >= 4 is 21.6 Å². The molecule has 0 aliphatic heterocycles. The van der Waals surface area contributed by atoms with Crippen molar-refractivity contribution in [2.75, 3.05) is 19.8 Å². The summed E-state index contributed by atoms with van der Waals surface area (Å²) in [5.74, 6) is 0.649. The number of aromatic amines is 1. The molecule has 0 saturated heterocycles. The Hall–Kier alpha value is -2.32. The molecule has 2 aromatic heterocycles. The third kappa shape index (κ3) is 5.84. The van der Waals surface area contributed by atoms with Crippen molar-refractivity contribution in [2.45, 2.75) is 64.6 Å². The second kappa shape index (κ2) is 11.4. The number of hydrogen-bond acceptors (Lipinski definition) is 6. The fourth-order valence-corrected chi connectivity index (χ4v) is 5.75. The largest absolute Gasteiger partial charge is 0.389 e. The summed E-state index contributed by atoms with van der Waals surface area (Å²) in [6, 6.07) is 6.66. The van der Waals surface area contributed by atoms with Gasteiger partial charge in [0.25, 0.3) is 5.56 Å². The quantitative estimate of drug-likeness (QED) is 0.316. The van der Waals surface area contributed by atoms with Gasteiger partial charge in [-0.25, -0.2) is 4.98 Å². The SMILES string of the molecule is C=CCOC[C@@H](O)CN(Cc1nc2scc(-c3ccc(C)c(C)c3)c2c(=O)[nH]1)C1CCCCC1. The number of aliphatic hydroxyl groups is 1. The van der Waals surface area contributed by atoms with Gasteiger partial charge in [-0.3, -0.25) is 9.69 Å². The van der Waals surface area contributed by atoms with Gasteiger partial charge in [0.15, 0.2) is 0 Å². The average molecular weight is 482 g/mol. The Balaban J connectivity index is 1.58. The summed E-state index contributed by atoms with van der Waals surface area (Å²) >= 11 is 1.51. The minimum absolute atomic E-state index is 0.104. The number of aromatic nitrogens is 2. The molecule has 4 rings (SSSR count). The van der Waals surface area contributed by atoms with E-state index in [0.717, 1.165) is 28.8 Å². The van der Waals surface area contributed by atoms with Gasteiger partial charge in [-0.15, -0.1) is 17.9 Å². The van der Waals surface area contributed by atoms with Crippen molar-refractivity contribution in [2.24, 2.45) is 0 Å². The number of nitrogens with zero attached hydrogens (tertiary/aromatic N) is 2. The van der Waals surface area contributed by atoms with E-state index < -0.39 is 6.10 Å². The Kier molecular flexibility index (Phi) is 8.32. The van der Waals surface area contributed by atoms with Gasteiger partial charge in [0.1, 0.15) is 10.7 Å². The Labute approximate surface area is 205 Å². The zero-order valence-corrected chi connectivity index (χ0v) is 21.0. The highest BCUT2D eigenvalue weighted by Gasteiger charge is 2.25. The van der Waals surface area contributed by atoms with Crippen LogP contribution < -0.4 is 5.56 Å². The highest BCUT2D eigenvalue weighted by atomic mass is 32.1. The molecule has 0 radical (unpaired) electrons. The fraction of sp³-hybridized carbons (Fsp3) is 0.481. The van der Waals surface area contributed by atoms with Crippen LogP contribution in [0.1, 0.15) is 49.1 Å². The lowest BCUT2D eigenvalue weighted by atomic mass is 9.94. The number of thiophene rings is 1. The first kappa shape index (κ1) is 24.8. The first-order valence-electron chi connectivity index (χ1n) is 12.1. The van der Waals surface area contributed by atoms with Crippen molar-refractivity contribution in [1.29, 1.82) is 0 Å². The normalized spacial score (nSPS) is 15.8. The Morgan fingerprint density at radius 3 is 2.82 bits per heavy atom. The molecule has 1 aromatic carbocycles. The van der Waals surface area contributed by atoms with E-state index in [1.165, 1.54) is 41.7 Å². The van der Waals surface area contributed by atoms with E-state index in [2.05, 4.69) is 48.5 Å². The summed E-state index contributed by atoms with van der Waals surface area (Å²) in [5, 5.41) is 13.2. The second-order valence-corrected chi connectivity index (χ2v) is 10.2. The van der Waals surface area contributed by atoms with E-state index in [1.807, 2.05) is 5.38 Å². The van der Waals surface area contributed by atoms with E-state index in [0.29, 0.717) is 36.9 Å². The maximum atomic E-state index is 13.2. The average Bonchev–Trinajstić information content (AvgIpc) is 3.26. The number of ether oxygens (including phenoxy) is 1. The van der Waals surface area contributed by atoms with Gasteiger partial charge in [0.2, 0.25) is 0 Å². The smallest absolute Gasteiger partial charge is 0.260 e. The molecule has 2 heterocycles. The van der Waals surface area contributed by atoms with Crippen molar-refractivity contribution < 1.29 is 9.84 Å². The van der Waals surface area contributed by atoms with E-state index in [-0.39, 0.29) is 12.2 Å². The van der Waals surface area contributed by atoms with Crippen LogP contribution in [-0.4, -0.2) is 51.9 Å². The maximum Gasteiger partial charge on any atom is 0.260 e. The van der Waals surface area contributed by atoms with Crippen LogP contribution in [0.3, 0.4) is 0 Å². The first-order valence-corrected chi connectivity index (χ1v) is 13.0. The lowest BCUT2D eigenvalue weighted by molar-refractivity contribution is 0.00880. The molecule has 0 spiro atoms. The molecule has 0 unspecified atom stereocenters. The predicted molar refractivity (Wildman–Crippen MR) is 139 cm³/mol. The summed E-state index contributed by atoms with van der Waals surface area (Å²) in [7, 11) is 0. The lowest BCUT2D eigenvalue weighted by Gasteiger charge is -2.35. The Morgan fingerprint density at radius 2 is 2.09 bits per heavy atom. The third-order valence-electron chi connectivity index (χ3n) is 6.75. The maximum absolute atomic E-state index is 13.2. The van der Waals surface area contributed by atoms with Gasteiger partial charge < -0.3 is 14.8 Å². The van der Waals surface area contributed by atoms with Gasteiger partial charge >= 0.3 is 0 Å². The van der Waals surface area contributed by atoms with Crippen molar-refractivity contribution in [3.8, 4) is 11.1 Å². The molecular weight excluding hydrogens is 446 g/mol. The molecule has 1 aliphatic rings. The molecule has 7 heteroatoms. The van der Waals surface area contributed by atoms with Crippen molar-refractivity contribution in [1.82, 2.24) is 14.9 Å². The number of rotatable bonds is 10. The summed E-state index contributed by atoms with van der Waals surface area (Å²) in [5.41, 5.74) is 4.31. The standard InChI is InChI=1S/C27H35N3O3S/c1-4-12-33-16-22(31)14-30(21-8-6-5-7-9-21)15-24-28-26(32)25-23(17-34-27(25)29-24)20-11-10-18(2)19(3)13-20/h4,10-11,13,17,21-22,31H,1,5-9,12,14-16H2,2-3H3,(H,28,29,32)/t22-/m0/s1. The molecule has 34 heavy (non-hydrogen) atoms. The zero-order chi connectivity index (χ0) is 24.1. The number of aliphatic hydroxyl groups excluding tert-OH is 1. The minimum Gasteiger partial charge on any atom is -0.389 e. The van der Waals surface area contributed by atoms with Crippen LogP contribution in [-0.2, 0) is 11.3 Å². The van der Waals surface area contributed by atoms with Gasteiger partial charge in [-0.1, -0.05) is 43.5 Å². The molecule has 182 valence electrons. The van der Waals surface area contributed by atoms with Crippen LogP contribution in [0.5, 0.6) is 0 Å². The molecule has 1 fully saturated rings.